The van der Waals surface area contributed by atoms with E-state index in [2.05, 4.69) is 4.98 Å². The number of aromatic nitrogens is 1. The third kappa shape index (κ3) is 4.37. The third-order valence-electron chi connectivity index (χ3n) is 3.05. The van der Waals surface area contributed by atoms with Crippen molar-refractivity contribution >= 4 is 11.9 Å². The number of hydrogen-bond acceptors (Lipinski definition) is 3. The van der Waals surface area contributed by atoms with Crippen LogP contribution in [0.3, 0.4) is 0 Å². The van der Waals surface area contributed by atoms with Gasteiger partial charge in [0.05, 0.1) is 18.7 Å². The number of carbonyl (C=O) groups excluding carboxylic acids is 1. The molecule has 1 N–H and O–H groups in total. The first kappa shape index (κ1) is 15.6. The predicted octanol–water partition coefficient (Wildman–Crippen LogP) is 2.34. The third-order valence-corrected chi connectivity index (χ3v) is 3.05. The van der Waals surface area contributed by atoms with E-state index in [1.165, 1.54) is 29.2 Å². The van der Waals surface area contributed by atoms with E-state index in [1.807, 2.05) is 0 Å². The average Bonchev–Trinajstić information content (AvgIpc) is 2.52. The molecule has 5 nitrogen and oxygen atoms in total. The molecule has 2 aromatic rings. The summed E-state index contributed by atoms with van der Waals surface area (Å²) in [5.41, 5.74) is 0.964. The molecular weight excluding hydrogens is 287 g/mol. The topological polar surface area (TPSA) is 70.5 Å². The van der Waals surface area contributed by atoms with Gasteiger partial charge < -0.3 is 10.0 Å². The number of carbonyl (C=O) groups is 2. The number of benzene rings is 1. The predicted molar refractivity (Wildman–Crippen MR) is 77.6 cm³/mol. The highest BCUT2D eigenvalue weighted by atomic mass is 19.1. The summed E-state index contributed by atoms with van der Waals surface area (Å²) in [6.07, 6.45) is 1.44. The lowest BCUT2D eigenvalue weighted by Crippen LogP contribution is -2.32. The van der Waals surface area contributed by atoms with Crippen molar-refractivity contribution in [2.24, 2.45) is 0 Å². The van der Waals surface area contributed by atoms with E-state index >= 15 is 0 Å². The molecule has 0 atom stereocenters. The second-order valence-electron chi connectivity index (χ2n) is 4.70. The Kier molecular flexibility index (Phi) is 5.19. The van der Waals surface area contributed by atoms with Gasteiger partial charge in [-0.2, -0.15) is 0 Å². The second kappa shape index (κ2) is 7.31. The Balaban J connectivity index is 2.17. The van der Waals surface area contributed by atoms with Crippen LogP contribution in [0.5, 0.6) is 0 Å². The second-order valence-corrected chi connectivity index (χ2v) is 4.70. The molecule has 0 saturated heterocycles. The highest BCUT2D eigenvalue weighted by molar-refractivity contribution is 5.94. The fourth-order valence-corrected chi connectivity index (χ4v) is 1.95. The highest BCUT2D eigenvalue weighted by Crippen LogP contribution is 2.10. The van der Waals surface area contributed by atoms with Crippen molar-refractivity contribution in [3.8, 4) is 0 Å². The van der Waals surface area contributed by atoms with Gasteiger partial charge in [-0.05, 0) is 36.4 Å². The molecule has 0 unspecified atom stereocenters. The Hall–Kier alpha value is -2.76. The summed E-state index contributed by atoms with van der Waals surface area (Å²) in [7, 11) is 0. The fourth-order valence-electron chi connectivity index (χ4n) is 1.95. The minimum atomic E-state index is -0.988. The van der Waals surface area contributed by atoms with Crippen molar-refractivity contribution < 1.29 is 19.1 Å². The maximum Gasteiger partial charge on any atom is 0.305 e. The van der Waals surface area contributed by atoms with E-state index in [0.29, 0.717) is 11.3 Å². The van der Waals surface area contributed by atoms with Gasteiger partial charge in [0.25, 0.3) is 5.91 Å². The Labute approximate surface area is 127 Å². The molecule has 0 bridgehead atoms. The van der Waals surface area contributed by atoms with Gasteiger partial charge in [-0.3, -0.25) is 14.6 Å². The fraction of sp³-hybridized carbons (Fsp3) is 0.188. The van der Waals surface area contributed by atoms with Crippen molar-refractivity contribution in [1.82, 2.24) is 9.88 Å². The van der Waals surface area contributed by atoms with Gasteiger partial charge in [0, 0.05) is 18.3 Å². The first-order valence-electron chi connectivity index (χ1n) is 6.73. The Morgan fingerprint density at radius 2 is 1.86 bits per heavy atom. The summed E-state index contributed by atoms with van der Waals surface area (Å²) in [5.74, 6) is -1.77. The van der Waals surface area contributed by atoms with E-state index in [9.17, 15) is 14.0 Å². The molecule has 0 aliphatic carbocycles. The van der Waals surface area contributed by atoms with E-state index in [0.717, 1.165) is 0 Å². The molecule has 1 amide bonds. The lowest BCUT2D eigenvalue weighted by atomic mass is 10.2. The maximum absolute atomic E-state index is 12.9. The summed E-state index contributed by atoms with van der Waals surface area (Å²) in [6, 6.07) is 10.5. The van der Waals surface area contributed by atoms with Gasteiger partial charge in [-0.25, -0.2) is 4.39 Å². The van der Waals surface area contributed by atoms with Gasteiger partial charge in [-0.1, -0.05) is 6.07 Å². The number of amides is 1. The number of nitrogens with zero attached hydrogens (tertiary/aromatic N) is 2. The number of rotatable bonds is 6. The molecule has 6 heteroatoms. The molecule has 0 aliphatic heterocycles. The van der Waals surface area contributed by atoms with Crippen LogP contribution in [0.4, 0.5) is 4.39 Å². The highest BCUT2D eigenvalue weighted by Gasteiger charge is 2.17. The molecule has 0 fully saturated rings. The summed E-state index contributed by atoms with van der Waals surface area (Å²) in [5, 5.41) is 8.81. The maximum atomic E-state index is 12.9. The van der Waals surface area contributed by atoms with E-state index < -0.39 is 11.8 Å². The standard InChI is InChI=1S/C16H15FN2O3/c17-13-6-4-12(5-7-13)16(22)19(10-8-15(20)21)11-14-3-1-2-9-18-14/h1-7,9H,8,10-11H2,(H,20,21). The lowest BCUT2D eigenvalue weighted by Gasteiger charge is -2.21. The van der Waals surface area contributed by atoms with Gasteiger partial charge in [0.1, 0.15) is 5.82 Å². The zero-order valence-electron chi connectivity index (χ0n) is 11.8. The lowest BCUT2D eigenvalue weighted by molar-refractivity contribution is -0.137. The van der Waals surface area contributed by atoms with Crippen LogP contribution < -0.4 is 0 Å². The number of carboxylic acids is 1. The summed E-state index contributed by atoms with van der Waals surface area (Å²) < 4.78 is 12.9. The Morgan fingerprint density at radius 3 is 2.45 bits per heavy atom. The quantitative estimate of drug-likeness (QED) is 0.889. The van der Waals surface area contributed by atoms with Crippen LogP contribution in [0.25, 0.3) is 0 Å². The van der Waals surface area contributed by atoms with Gasteiger partial charge in [0.15, 0.2) is 0 Å². The SMILES string of the molecule is O=C(O)CCN(Cc1ccccn1)C(=O)c1ccc(F)cc1. The molecule has 0 aliphatic rings. The molecule has 0 radical (unpaired) electrons. The van der Waals surface area contributed by atoms with Crippen molar-refractivity contribution in [3.63, 3.8) is 0 Å². The molecule has 1 aromatic heterocycles. The van der Waals surface area contributed by atoms with Crippen LogP contribution in [0.2, 0.25) is 0 Å². The molecule has 2 rings (SSSR count). The molecular formula is C16H15FN2O3. The minimum Gasteiger partial charge on any atom is -0.481 e. The van der Waals surface area contributed by atoms with Crippen LogP contribution >= 0.6 is 0 Å². The van der Waals surface area contributed by atoms with Crippen LogP contribution in [0.15, 0.2) is 48.7 Å². The first-order valence-corrected chi connectivity index (χ1v) is 6.73. The zero-order valence-corrected chi connectivity index (χ0v) is 11.8. The van der Waals surface area contributed by atoms with E-state index in [1.54, 1.807) is 24.4 Å². The minimum absolute atomic E-state index is 0.0577. The summed E-state index contributed by atoms with van der Waals surface area (Å²) in [6.45, 7) is 0.256. The van der Waals surface area contributed by atoms with E-state index in [4.69, 9.17) is 5.11 Å². The smallest absolute Gasteiger partial charge is 0.305 e. The largest absolute Gasteiger partial charge is 0.481 e. The van der Waals surface area contributed by atoms with Crippen LogP contribution in [-0.4, -0.2) is 33.4 Å². The van der Waals surface area contributed by atoms with Crippen molar-refractivity contribution in [1.29, 1.82) is 0 Å². The summed E-state index contributed by atoms with van der Waals surface area (Å²) in [4.78, 5) is 28.7. The molecule has 0 saturated carbocycles. The number of hydrogen-bond donors (Lipinski definition) is 1. The van der Waals surface area contributed by atoms with Crippen LogP contribution in [0.1, 0.15) is 22.5 Å². The molecule has 114 valence electrons. The molecule has 0 spiro atoms. The number of aliphatic carboxylic acids is 1. The van der Waals surface area contributed by atoms with Crippen molar-refractivity contribution in [2.45, 2.75) is 13.0 Å². The van der Waals surface area contributed by atoms with Gasteiger partial charge in [0.2, 0.25) is 0 Å². The monoisotopic (exact) mass is 302 g/mol. The Morgan fingerprint density at radius 1 is 1.14 bits per heavy atom. The van der Waals surface area contributed by atoms with Crippen molar-refractivity contribution in [2.75, 3.05) is 6.54 Å². The number of halogens is 1. The van der Waals surface area contributed by atoms with Crippen molar-refractivity contribution in [3.05, 3.63) is 65.7 Å². The molecule has 1 heterocycles. The van der Waals surface area contributed by atoms with Gasteiger partial charge >= 0.3 is 5.97 Å². The average molecular weight is 302 g/mol. The van der Waals surface area contributed by atoms with E-state index in [-0.39, 0.29) is 25.4 Å². The normalized spacial score (nSPS) is 10.2. The summed E-state index contributed by atoms with van der Waals surface area (Å²) >= 11 is 0. The zero-order chi connectivity index (χ0) is 15.9. The number of pyridine rings is 1. The molecule has 22 heavy (non-hydrogen) atoms. The number of carboxylic acid groups (broad SMARTS) is 1. The Bertz CT molecular complexity index is 644. The first-order chi connectivity index (χ1) is 10.6. The van der Waals surface area contributed by atoms with Gasteiger partial charge in [-0.15, -0.1) is 0 Å². The molecule has 1 aromatic carbocycles. The van der Waals surface area contributed by atoms with Crippen LogP contribution in [-0.2, 0) is 11.3 Å². The van der Waals surface area contributed by atoms with Crippen LogP contribution in [0, 0.1) is 5.82 Å².